The van der Waals surface area contributed by atoms with Crippen molar-refractivity contribution in [2.24, 2.45) is 12.1 Å². The van der Waals surface area contributed by atoms with Gasteiger partial charge in [0.05, 0.1) is 11.9 Å². The summed E-state index contributed by atoms with van der Waals surface area (Å²) in [6.45, 7) is 6.93. The van der Waals surface area contributed by atoms with Gasteiger partial charge in [0.15, 0.2) is 0 Å². The number of amides is 1. The Hall–Kier alpha value is -3.67. The van der Waals surface area contributed by atoms with Gasteiger partial charge in [-0.05, 0) is 50.1 Å². The van der Waals surface area contributed by atoms with Crippen LogP contribution in [0.25, 0.3) is 10.9 Å². The van der Waals surface area contributed by atoms with Crippen molar-refractivity contribution in [3.8, 4) is 0 Å². The molecule has 6 heteroatoms. The quantitative estimate of drug-likeness (QED) is 0.405. The zero-order valence-corrected chi connectivity index (χ0v) is 17.7. The largest absolute Gasteiger partial charge is 0.340 e. The predicted molar refractivity (Wildman–Crippen MR) is 120 cm³/mol. The summed E-state index contributed by atoms with van der Waals surface area (Å²) in [6, 6.07) is 16.2. The molecule has 0 fully saturated rings. The molecule has 0 aliphatic carbocycles. The monoisotopic (exact) mass is 399 g/mol. The Labute approximate surface area is 175 Å². The Morgan fingerprint density at radius 3 is 2.60 bits per heavy atom. The average Bonchev–Trinajstić information content (AvgIpc) is 3.19. The second kappa shape index (κ2) is 7.99. The van der Waals surface area contributed by atoms with Gasteiger partial charge >= 0.3 is 0 Å². The molecule has 0 atom stereocenters. The molecule has 2 aromatic heterocycles. The minimum Gasteiger partial charge on any atom is -0.340 e. The summed E-state index contributed by atoms with van der Waals surface area (Å²) in [5, 5.41) is 9.44. The number of nitrogens with one attached hydrogen (secondary N) is 1. The van der Waals surface area contributed by atoms with E-state index in [1.54, 1.807) is 10.9 Å². The molecule has 2 heterocycles. The highest BCUT2D eigenvalue weighted by Gasteiger charge is 2.14. The highest BCUT2D eigenvalue weighted by molar-refractivity contribution is 5.99. The van der Waals surface area contributed by atoms with Crippen LogP contribution in [0.1, 0.15) is 38.4 Å². The van der Waals surface area contributed by atoms with Crippen molar-refractivity contribution in [1.82, 2.24) is 19.8 Å². The minimum absolute atomic E-state index is 0.234. The van der Waals surface area contributed by atoms with E-state index < -0.39 is 0 Å². The first kappa shape index (κ1) is 19.6. The van der Waals surface area contributed by atoms with Crippen molar-refractivity contribution < 1.29 is 4.79 Å². The number of carbonyl (C=O) groups is 1. The molecular formula is C24H25N5O. The van der Waals surface area contributed by atoms with E-state index >= 15 is 0 Å². The fourth-order valence-corrected chi connectivity index (χ4v) is 3.73. The fourth-order valence-electron chi connectivity index (χ4n) is 3.73. The second-order valence-corrected chi connectivity index (χ2v) is 7.56. The number of carbonyl (C=O) groups excluding carboxylic acids is 1. The molecule has 0 saturated carbocycles. The molecule has 0 unspecified atom stereocenters. The number of aromatic nitrogens is 3. The third-order valence-electron chi connectivity index (χ3n) is 5.51. The van der Waals surface area contributed by atoms with Gasteiger partial charge in [0, 0.05) is 47.5 Å². The number of hydrazone groups is 1. The summed E-state index contributed by atoms with van der Waals surface area (Å²) in [6.07, 6.45) is 3.48. The van der Waals surface area contributed by atoms with Gasteiger partial charge in [-0.1, -0.05) is 30.3 Å². The van der Waals surface area contributed by atoms with Gasteiger partial charge in [-0.3, -0.25) is 9.48 Å². The normalized spacial score (nSPS) is 11.5. The van der Waals surface area contributed by atoms with E-state index in [9.17, 15) is 4.79 Å². The number of benzene rings is 2. The highest BCUT2D eigenvalue weighted by Crippen LogP contribution is 2.27. The Balaban J connectivity index is 1.58. The Kier molecular flexibility index (Phi) is 5.23. The number of nitrogens with zero attached hydrogens (tertiary/aromatic N) is 4. The molecule has 0 spiro atoms. The number of hydrogen-bond acceptors (Lipinski definition) is 3. The Bertz CT molecular complexity index is 1250. The SMILES string of the molecule is Cc1nn(C)cc1C=NNC(=O)c1ccc2c(c1)c(C)c(C)n2Cc1ccccc1. The minimum atomic E-state index is -0.234. The summed E-state index contributed by atoms with van der Waals surface area (Å²) in [7, 11) is 1.85. The van der Waals surface area contributed by atoms with Crippen molar-refractivity contribution in [2.45, 2.75) is 27.3 Å². The van der Waals surface area contributed by atoms with Gasteiger partial charge in [0.1, 0.15) is 0 Å². The maximum atomic E-state index is 12.6. The lowest BCUT2D eigenvalue weighted by Gasteiger charge is -2.09. The molecule has 1 N–H and O–H groups in total. The van der Waals surface area contributed by atoms with Gasteiger partial charge in [0.2, 0.25) is 0 Å². The topological polar surface area (TPSA) is 64.2 Å². The zero-order valence-electron chi connectivity index (χ0n) is 17.7. The summed E-state index contributed by atoms with van der Waals surface area (Å²) < 4.78 is 4.02. The molecular weight excluding hydrogens is 374 g/mol. The maximum absolute atomic E-state index is 12.6. The molecule has 0 bridgehead atoms. The van der Waals surface area contributed by atoms with E-state index in [0.29, 0.717) is 5.56 Å². The third-order valence-corrected chi connectivity index (χ3v) is 5.51. The molecule has 1 amide bonds. The van der Waals surface area contributed by atoms with Gasteiger partial charge in [-0.2, -0.15) is 10.2 Å². The molecule has 152 valence electrons. The first-order valence-electron chi connectivity index (χ1n) is 9.91. The standard InChI is InChI=1S/C24H25N5O/c1-16-18(3)29(14-19-8-6-5-7-9-19)23-11-10-20(12-22(16)23)24(30)26-25-13-21-15-28(4)27-17(21)2/h5-13,15H,14H2,1-4H3,(H,26,30). The van der Waals surface area contributed by atoms with Crippen LogP contribution in [-0.2, 0) is 13.6 Å². The number of rotatable bonds is 5. The summed E-state index contributed by atoms with van der Waals surface area (Å²) in [5.74, 6) is -0.234. The van der Waals surface area contributed by atoms with E-state index in [-0.39, 0.29) is 5.91 Å². The number of aryl methyl sites for hydroxylation is 3. The third kappa shape index (κ3) is 3.76. The van der Waals surface area contributed by atoms with E-state index in [1.807, 2.05) is 44.4 Å². The number of hydrogen-bond donors (Lipinski definition) is 1. The molecule has 30 heavy (non-hydrogen) atoms. The first-order valence-corrected chi connectivity index (χ1v) is 9.91. The summed E-state index contributed by atoms with van der Waals surface area (Å²) in [4.78, 5) is 12.6. The fraction of sp³-hybridized carbons (Fsp3) is 0.208. The van der Waals surface area contributed by atoms with Crippen molar-refractivity contribution in [3.05, 3.63) is 88.4 Å². The van der Waals surface area contributed by atoms with Crippen LogP contribution in [0.5, 0.6) is 0 Å². The van der Waals surface area contributed by atoms with E-state index in [4.69, 9.17) is 0 Å². The summed E-state index contributed by atoms with van der Waals surface area (Å²) in [5.41, 5.74) is 9.70. The van der Waals surface area contributed by atoms with Crippen molar-refractivity contribution >= 4 is 23.0 Å². The van der Waals surface area contributed by atoms with E-state index in [1.165, 1.54) is 16.8 Å². The predicted octanol–water partition coefficient (Wildman–Crippen LogP) is 4.11. The highest BCUT2D eigenvalue weighted by atomic mass is 16.2. The molecule has 6 nitrogen and oxygen atoms in total. The van der Waals surface area contributed by atoms with Crippen LogP contribution >= 0.6 is 0 Å². The van der Waals surface area contributed by atoms with E-state index in [0.717, 1.165) is 28.7 Å². The number of fused-ring (bicyclic) bond motifs is 1. The lowest BCUT2D eigenvalue weighted by Crippen LogP contribution is -2.17. The van der Waals surface area contributed by atoms with Crippen LogP contribution in [-0.4, -0.2) is 26.5 Å². The smallest absolute Gasteiger partial charge is 0.271 e. The van der Waals surface area contributed by atoms with Gasteiger partial charge < -0.3 is 4.57 Å². The van der Waals surface area contributed by atoms with Crippen molar-refractivity contribution in [3.63, 3.8) is 0 Å². The molecule has 4 rings (SSSR count). The zero-order chi connectivity index (χ0) is 21.3. The molecule has 2 aromatic carbocycles. The lowest BCUT2D eigenvalue weighted by molar-refractivity contribution is 0.0955. The van der Waals surface area contributed by atoms with Gasteiger partial charge in [-0.25, -0.2) is 5.43 Å². The van der Waals surface area contributed by atoms with Gasteiger partial charge in [0.25, 0.3) is 5.91 Å². The van der Waals surface area contributed by atoms with Gasteiger partial charge in [-0.15, -0.1) is 0 Å². The molecule has 4 aromatic rings. The molecule has 0 radical (unpaired) electrons. The van der Waals surface area contributed by atoms with Crippen molar-refractivity contribution in [2.75, 3.05) is 0 Å². The molecule has 0 aliphatic heterocycles. The van der Waals surface area contributed by atoms with E-state index in [2.05, 4.69) is 58.3 Å². The second-order valence-electron chi connectivity index (χ2n) is 7.56. The molecule has 0 saturated heterocycles. The van der Waals surface area contributed by atoms with Crippen molar-refractivity contribution in [1.29, 1.82) is 0 Å². The van der Waals surface area contributed by atoms with Crippen LogP contribution in [0.4, 0.5) is 0 Å². The van der Waals surface area contributed by atoms with Crippen LogP contribution in [0, 0.1) is 20.8 Å². The Morgan fingerprint density at radius 1 is 1.13 bits per heavy atom. The van der Waals surface area contributed by atoms with Crippen LogP contribution in [0.15, 0.2) is 59.8 Å². The Morgan fingerprint density at radius 2 is 1.90 bits per heavy atom. The maximum Gasteiger partial charge on any atom is 0.271 e. The lowest BCUT2D eigenvalue weighted by atomic mass is 10.1. The average molecular weight is 399 g/mol. The van der Waals surface area contributed by atoms with Crippen LogP contribution < -0.4 is 5.43 Å². The first-order chi connectivity index (χ1) is 14.4. The van der Waals surface area contributed by atoms with Crippen LogP contribution in [0.2, 0.25) is 0 Å². The van der Waals surface area contributed by atoms with Crippen LogP contribution in [0.3, 0.4) is 0 Å². The molecule has 0 aliphatic rings. The summed E-state index contributed by atoms with van der Waals surface area (Å²) >= 11 is 0.